The van der Waals surface area contributed by atoms with Gasteiger partial charge in [-0.15, -0.1) is 0 Å². The van der Waals surface area contributed by atoms with Crippen molar-refractivity contribution >= 4 is 11.9 Å². The Balaban J connectivity index is 1.61. The van der Waals surface area contributed by atoms with Gasteiger partial charge in [-0.1, -0.05) is 13.3 Å². The van der Waals surface area contributed by atoms with E-state index in [4.69, 9.17) is 18.6 Å². The number of nitrogens with zero attached hydrogens (tertiary/aromatic N) is 4. The van der Waals surface area contributed by atoms with Gasteiger partial charge in [0.2, 0.25) is 18.4 Å². The van der Waals surface area contributed by atoms with Crippen LogP contribution in [0.15, 0.2) is 22.7 Å². The average molecular weight is 573 g/mol. The number of carboxylic acid groups (broad SMARTS) is 1. The zero-order valence-electron chi connectivity index (χ0n) is 24.9. The molecule has 0 radical (unpaired) electrons. The van der Waals surface area contributed by atoms with Crippen molar-refractivity contribution in [2.24, 2.45) is 5.92 Å². The molecule has 0 saturated carbocycles. The number of unbranched alkanes of at least 4 members (excludes halogenated alkanes) is 1. The van der Waals surface area contributed by atoms with E-state index >= 15 is 0 Å². The van der Waals surface area contributed by atoms with Gasteiger partial charge >= 0.3 is 5.97 Å². The summed E-state index contributed by atoms with van der Waals surface area (Å²) in [5.41, 5.74) is 0.791. The zero-order valence-corrected chi connectivity index (χ0v) is 24.9. The number of amides is 1. The van der Waals surface area contributed by atoms with Crippen LogP contribution < -0.4 is 14.2 Å². The normalized spacial score (nSPS) is 20.1. The van der Waals surface area contributed by atoms with Crippen LogP contribution in [0.1, 0.15) is 55.7 Å². The second kappa shape index (κ2) is 14.0. The van der Waals surface area contributed by atoms with Gasteiger partial charge in [-0.3, -0.25) is 14.5 Å². The third kappa shape index (κ3) is 7.51. The maximum Gasteiger partial charge on any atom is 0.308 e. The van der Waals surface area contributed by atoms with Crippen molar-refractivity contribution in [3.8, 4) is 17.2 Å². The molecule has 0 bridgehead atoms. The minimum Gasteiger partial charge on any atom is -0.493 e. The third-order valence-corrected chi connectivity index (χ3v) is 7.97. The fourth-order valence-electron chi connectivity index (χ4n) is 5.90. The van der Waals surface area contributed by atoms with Gasteiger partial charge < -0.3 is 33.5 Å². The lowest BCUT2D eigenvalue weighted by Gasteiger charge is -2.30. The van der Waals surface area contributed by atoms with Crippen molar-refractivity contribution in [3.05, 3.63) is 35.5 Å². The topological polar surface area (TPSA) is 118 Å². The largest absolute Gasteiger partial charge is 0.493 e. The number of hydrogen-bond donors (Lipinski definition) is 1. The summed E-state index contributed by atoms with van der Waals surface area (Å²) in [4.78, 5) is 37.0. The highest BCUT2D eigenvalue weighted by Crippen LogP contribution is 2.47. The highest BCUT2D eigenvalue weighted by Gasteiger charge is 2.47. The summed E-state index contributed by atoms with van der Waals surface area (Å²) in [6.45, 7) is 6.88. The van der Waals surface area contributed by atoms with Crippen LogP contribution in [-0.4, -0.2) is 103 Å². The molecular weight excluding hydrogens is 528 g/mol. The molecule has 0 aliphatic carbocycles. The van der Waals surface area contributed by atoms with E-state index < -0.39 is 11.9 Å². The minimum absolute atomic E-state index is 0.0298. The van der Waals surface area contributed by atoms with Crippen LogP contribution in [-0.2, 0) is 16.0 Å². The van der Waals surface area contributed by atoms with Crippen molar-refractivity contribution in [2.45, 2.75) is 57.9 Å². The minimum atomic E-state index is -0.899. The number of methoxy groups -OCH3 is 1. The molecule has 0 spiro atoms. The van der Waals surface area contributed by atoms with Crippen LogP contribution in [0.4, 0.5) is 0 Å². The van der Waals surface area contributed by atoms with Gasteiger partial charge in [0.15, 0.2) is 17.4 Å². The second-order valence-electron chi connectivity index (χ2n) is 11.2. The molecule has 2 aromatic rings. The number of aryl methyl sites for hydroxylation is 2. The summed E-state index contributed by atoms with van der Waals surface area (Å²) >= 11 is 0. The Hall–Kier alpha value is -3.31. The summed E-state index contributed by atoms with van der Waals surface area (Å²) in [6.07, 6.45) is 5.45. The maximum atomic E-state index is 13.7. The molecule has 1 N–H and O–H groups in total. The summed E-state index contributed by atoms with van der Waals surface area (Å²) in [6, 6.07) is 3.29. The Kier molecular flexibility index (Phi) is 10.5. The first-order chi connectivity index (χ1) is 19.7. The molecule has 1 amide bonds. The van der Waals surface area contributed by atoms with E-state index in [1.807, 2.05) is 43.0 Å². The van der Waals surface area contributed by atoms with Gasteiger partial charge in [0.25, 0.3) is 0 Å². The Morgan fingerprint density at radius 3 is 2.61 bits per heavy atom. The lowest BCUT2D eigenvalue weighted by atomic mass is 9.83. The fraction of sp³-hybridized carbons (Fsp3) is 0.633. The van der Waals surface area contributed by atoms with Gasteiger partial charge in [0.1, 0.15) is 5.76 Å². The molecule has 1 aromatic heterocycles. The Morgan fingerprint density at radius 2 is 1.95 bits per heavy atom. The Bertz CT molecular complexity index is 1180. The molecule has 3 heterocycles. The predicted molar refractivity (Wildman–Crippen MR) is 153 cm³/mol. The van der Waals surface area contributed by atoms with E-state index in [9.17, 15) is 14.7 Å². The molecule has 226 valence electrons. The molecule has 4 rings (SSSR count). The number of likely N-dealkylation sites (tertiary alicyclic amines) is 1. The molecule has 3 atom stereocenters. The number of rotatable bonds is 15. The number of carbonyl (C=O) groups excluding carboxylic acids is 1. The van der Waals surface area contributed by atoms with Crippen molar-refractivity contribution in [1.82, 2.24) is 19.7 Å². The summed E-state index contributed by atoms with van der Waals surface area (Å²) in [5, 5.41) is 10.5. The van der Waals surface area contributed by atoms with Crippen LogP contribution in [0.25, 0.3) is 0 Å². The number of oxazole rings is 1. The van der Waals surface area contributed by atoms with E-state index in [1.165, 1.54) is 0 Å². The van der Waals surface area contributed by atoms with Crippen LogP contribution in [0, 0.1) is 12.8 Å². The molecule has 1 unspecified atom stereocenters. The second-order valence-corrected chi connectivity index (χ2v) is 11.2. The molecule has 11 nitrogen and oxygen atoms in total. The van der Waals surface area contributed by atoms with Crippen molar-refractivity contribution < 1.29 is 33.3 Å². The van der Waals surface area contributed by atoms with Crippen LogP contribution in [0.2, 0.25) is 0 Å². The monoisotopic (exact) mass is 572 g/mol. The number of fused-ring (bicyclic) bond motifs is 1. The van der Waals surface area contributed by atoms with E-state index in [0.717, 1.165) is 31.4 Å². The number of carboxylic acids is 1. The van der Waals surface area contributed by atoms with E-state index in [2.05, 4.69) is 16.8 Å². The molecule has 1 aromatic carbocycles. The number of carbonyl (C=O) groups is 2. The number of ether oxygens (including phenoxy) is 3. The standard InChI is InChI=1S/C30H44N4O7/c1-6-7-12-33(13-8-11-32(3)4)27(35)18-34-17-22(21-14-24(38-5)29-25(15-21)39-19-40-29)28(30(36)37)23(34)9-10-26-31-16-20(2)41-26/h14-16,22-23,28H,6-13,17-19H2,1-5H3,(H,36,37)/t22-,23+,28?/m1/s1. The molecule has 1 saturated heterocycles. The molecule has 1 fully saturated rings. The average Bonchev–Trinajstić information content (AvgIpc) is 3.66. The number of hydrogen-bond acceptors (Lipinski definition) is 9. The highest BCUT2D eigenvalue weighted by atomic mass is 16.7. The van der Waals surface area contributed by atoms with E-state index in [0.29, 0.717) is 61.4 Å². The Morgan fingerprint density at radius 1 is 1.17 bits per heavy atom. The Labute approximate surface area is 242 Å². The number of aromatic nitrogens is 1. The van der Waals surface area contributed by atoms with E-state index in [1.54, 1.807) is 13.3 Å². The molecule has 11 heteroatoms. The first-order valence-electron chi connectivity index (χ1n) is 14.5. The SMILES string of the molecule is CCCCN(CCCN(C)C)C(=O)CN1C[C@H](c2cc(OC)c3c(c2)OCO3)C(C(=O)O)[C@@H]1CCc1ncc(C)o1. The van der Waals surface area contributed by atoms with Crippen molar-refractivity contribution in [3.63, 3.8) is 0 Å². The third-order valence-electron chi connectivity index (χ3n) is 7.97. The van der Waals surface area contributed by atoms with Gasteiger partial charge in [-0.25, -0.2) is 4.98 Å². The summed E-state index contributed by atoms with van der Waals surface area (Å²) in [5.74, 6) is 0.852. The quantitative estimate of drug-likeness (QED) is 0.340. The molecule has 2 aliphatic rings. The van der Waals surface area contributed by atoms with Gasteiger partial charge in [0, 0.05) is 38.0 Å². The van der Waals surface area contributed by atoms with Gasteiger partial charge in [-0.05, 0) is 64.5 Å². The smallest absolute Gasteiger partial charge is 0.308 e. The first kappa shape index (κ1) is 30.6. The predicted octanol–water partition coefficient (Wildman–Crippen LogP) is 3.40. The fourth-order valence-corrected chi connectivity index (χ4v) is 5.90. The lowest BCUT2D eigenvalue weighted by Crippen LogP contribution is -2.45. The van der Waals surface area contributed by atoms with Crippen LogP contribution >= 0.6 is 0 Å². The highest BCUT2D eigenvalue weighted by molar-refractivity contribution is 5.79. The molecule has 41 heavy (non-hydrogen) atoms. The lowest BCUT2D eigenvalue weighted by molar-refractivity contribution is -0.143. The number of benzene rings is 1. The molecule has 2 aliphatic heterocycles. The molecular formula is C30H44N4O7. The van der Waals surface area contributed by atoms with Crippen LogP contribution in [0.3, 0.4) is 0 Å². The first-order valence-corrected chi connectivity index (χ1v) is 14.5. The van der Waals surface area contributed by atoms with E-state index in [-0.39, 0.29) is 31.2 Å². The van der Waals surface area contributed by atoms with Gasteiger partial charge in [-0.2, -0.15) is 0 Å². The summed E-state index contributed by atoms with van der Waals surface area (Å²) < 4.78 is 22.4. The van der Waals surface area contributed by atoms with Crippen LogP contribution in [0.5, 0.6) is 17.2 Å². The zero-order chi connectivity index (χ0) is 29.5. The van der Waals surface area contributed by atoms with Crippen molar-refractivity contribution in [1.29, 1.82) is 0 Å². The number of aliphatic carboxylic acids is 1. The van der Waals surface area contributed by atoms with Crippen molar-refractivity contribution in [2.75, 3.05) is 60.7 Å². The van der Waals surface area contributed by atoms with Gasteiger partial charge in [0.05, 0.1) is 25.8 Å². The maximum absolute atomic E-state index is 13.7. The summed E-state index contributed by atoms with van der Waals surface area (Å²) in [7, 11) is 5.61.